The minimum absolute atomic E-state index is 0.204. The van der Waals surface area contributed by atoms with Gasteiger partial charge in [-0.05, 0) is 19.8 Å². The van der Waals surface area contributed by atoms with E-state index >= 15 is 0 Å². The molecule has 2 heteroatoms. The lowest BCUT2D eigenvalue weighted by Crippen LogP contribution is -2.32. The third kappa shape index (κ3) is 8.09. The Morgan fingerprint density at radius 1 is 1.14 bits per heavy atom. The molecule has 0 radical (unpaired) electrons. The standard InChI is InChI=1S/C12H25NO/c1-4-6-7-8-10-11(3)13-12(14)9-5-2/h11H,4-10H2,1-3H3,(H,13,14). The predicted molar refractivity (Wildman–Crippen MR) is 61.3 cm³/mol. The number of carbonyl (C=O) groups excluding carboxylic acids is 1. The number of hydrogen-bond donors (Lipinski definition) is 1. The highest BCUT2D eigenvalue weighted by atomic mass is 16.1. The highest BCUT2D eigenvalue weighted by Gasteiger charge is 2.05. The molecule has 1 atom stereocenters. The zero-order chi connectivity index (χ0) is 10.8. The minimum atomic E-state index is 0.204. The van der Waals surface area contributed by atoms with E-state index in [4.69, 9.17) is 0 Å². The van der Waals surface area contributed by atoms with Crippen molar-refractivity contribution in [3.05, 3.63) is 0 Å². The van der Waals surface area contributed by atoms with Crippen LogP contribution >= 0.6 is 0 Å². The van der Waals surface area contributed by atoms with Crippen LogP contribution in [0.3, 0.4) is 0 Å². The average Bonchev–Trinajstić information content (AvgIpc) is 2.13. The highest BCUT2D eigenvalue weighted by molar-refractivity contribution is 5.76. The fourth-order valence-corrected chi connectivity index (χ4v) is 1.52. The van der Waals surface area contributed by atoms with Crippen LogP contribution in [0.5, 0.6) is 0 Å². The Kier molecular flexibility index (Phi) is 8.70. The predicted octanol–water partition coefficient (Wildman–Crippen LogP) is 3.26. The van der Waals surface area contributed by atoms with E-state index < -0.39 is 0 Å². The van der Waals surface area contributed by atoms with Gasteiger partial charge in [-0.25, -0.2) is 0 Å². The third-order valence-corrected chi connectivity index (χ3v) is 2.38. The van der Waals surface area contributed by atoms with E-state index in [9.17, 15) is 4.79 Å². The molecular weight excluding hydrogens is 174 g/mol. The van der Waals surface area contributed by atoms with Gasteiger partial charge in [0.15, 0.2) is 0 Å². The molecule has 84 valence electrons. The van der Waals surface area contributed by atoms with Crippen molar-refractivity contribution in [3.63, 3.8) is 0 Å². The van der Waals surface area contributed by atoms with Gasteiger partial charge in [0, 0.05) is 12.5 Å². The summed E-state index contributed by atoms with van der Waals surface area (Å²) >= 11 is 0. The number of unbranched alkanes of at least 4 members (excludes halogenated alkanes) is 3. The van der Waals surface area contributed by atoms with Crippen molar-refractivity contribution in [3.8, 4) is 0 Å². The van der Waals surface area contributed by atoms with Crippen molar-refractivity contribution in [2.75, 3.05) is 0 Å². The molecule has 0 aromatic heterocycles. The first kappa shape index (κ1) is 13.5. The van der Waals surface area contributed by atoms with Crippen LogP contribution in [0.4, 0.5) is 0 Å². The molecule has 0 aliphatic heterocycles. The molecule has 0 aromatic rings. The van der Waals surface area contributed by atoms with Crippen LogP contribution in [0.2, 0.25) is 0 Å². The summed E-state index contributed by atoms with van der Waals surface area (Å²) in [6, 6.07) is 0.353. The topological polar surface area (TPSA) is 29.1 Å². The SMILES string of the molecule is CCCCCCC(C)NC(=O)CCC. The molecule has 0 saturated carbocycles. The molecule has 0 fully saturated rings. The molecule has 0 aliphatic carbocycles. The molecule has 1 N–H and O–H groups in total. The molecule has 14 heavy (non-hydrogen) atoms. The van der Waals surface area contributed by atoms with Gasteiger partial charge in [-0.3, -0.25) is 4.79 Å². The quantitative estimate of drug-likeness (QED) is 0.597. The molecule has 1 amide bonds. The summed E-state index contributed by atoms with van der Waals surface area (Å²) < 4.78 is 0. The number of hydrogen-bond acceptors (Lipinski definition) is 1. The second-order valence-corrected chi connectivity index (χ2v) is 4.07. The fourth-order valence-electron chi connectivity index (χ4n) is 1.52. The maximum absolute atomic E-state index is 11.2. The summed E-state index contributed by atoms with van der Waals surface area (Å²) in [6.45, 7) is 6.34. The van der Waals surface area contributed by atoms with Gasteiger partial charge in [0.2, 0.25) is 5.91 Å². The first-order valence-electron chi connectivity index (χ1n) is 6.00. The van der Waals surface area contributed by atoms with Crippen LogP contribution in [0.15, 0.2) is 0 Å². The Bertz CT molecular complexity index is 145. The van der Waals surface area contributed by atoms with Crippen molar-refractivity contribution >= 4 is 5.91 Å². The van der Waals surface area contributed by atoms with E-state index in [0.29, 0.717) is 12.5 Å². The van der Waals surface area contributed by atoms with Gasteiger partial charge < -0.3 is 5.32 Å². The van der Waals surface area contributed by atoms with Crippen molar-refractivity contribution in [1.29, 1.82) is 0 Å². The molecule has 0 heterocycles. The van der Waals surface area contributed by atoms with Crippen LogP contribution in [0, 0.1) is 0 Å². The van der Waals surface area contributed by atoms with Gasteiger partial charge in [0.25, 0.3) is 0 Å². The average molecular weight is 199 g/mol. The van der Waals surface area contributed by atoms with Gasteiger partial charge in [-0.2, -0.15) is 0 Å². The monoisotopic (exact) mass is 199 g/mol. The first-order chi connectivity index (χ1) is 6.70. The fraction of sp³-hybridized carbons (Fsp3) is 0.917. The van der Waals surface area contributed by atoms with E-state index in [1.54, 1.807) is 0 Å². The Morgan fingerprint density at radius 3 is 2.43 bits per heavy atom. The van der Waals surface area contributed by atoms with Gasteiger partial charge in [0.05, 0.1) is 0 Å². The lowest BCUT2D eigenvalue weighted by molar-refractivity contribution is -0.121. The smallest absolute Gasteiger partial charge is 0.220 e. The zero-order valence-corrected chi connectivity index (χ0v) is 9.94. The van der Waals surface area contributed by atoms with Crippen molar-refractivity contribution < 1.29 is 4.79 Å². The molecule has 0 bridgehead atoms. The molecule has 0 saturated heterocycles. The summed E-state index contributed by atoms with van der Waals surface area (Å²) in [7, 11) is 0. The highest BCUT2D eigenvalue weighted by Crippen LogP contribution is 2.05. The van der Waals surface area contributed by atoms with E-state index in [0.717, 1.165) is 12.8 Å². The Morgan fingerprint density at radius 2 is 1.86 bits per heavy atom. The normalized spacial score (nSPS) is 12.5. The van der Waals surface area contributed by atoms with E-state index in [2.05, 4.69) is 19.2 Å². The minimum Gasteiger partial charge on any atom is -0.354 e. The Balaban J connectivity index is 3.35. The molecule has 1 unspecified atom stereocenters. The second-order valence-electron chi connectivity index (χ2n) is 4.07. The lowest BCUT2D eigenvalue weighted by atomic mass is 10.1. The molecule has 0 aromatic carbocycles. The number of amides is 1. The lowest BCUT2D eigenvalue weighted by Gasteiger charge is -2.13. The molecule has 0 rings (SSSR count). The summed E-state index contributed by atoms with van der Waals surface area (Å²) in [4.78, 5) is 11.2. The Hall–Kier alpha value is -0.530. The van der Waals surface area contributed by atoms with Crippen molar-refractivity contribution in [2.24, 2.45) is 0 Å². The third-order valence-electron chi connectivity index (χ3n) is 2.38. The molecule has 0 aliphatic rings. The zero-order valence-electron chi connectivity index (χ0n) is 9.94. The molecule has 2 nitrogen and oxygen atoms in total. The van der Waals surface area contributed by atoms with Crippen molar-refractivity contribution in [1.82, 2.24) is 5.32 Å². The maximum atomic E-state index is 11.2. The van der Waals surface area contributed by atoms with E-state index in [-0.39, 0.29) is 5.91 Å². The number of rotatable bonds is 8. The van der Waals surface area contributed by atoms with Gasteiger partial charge in [0.1, 0.15) is 0 Å². The van der Waals surface area contributed by atoms with Gasteiger partial charge >= 0.3 is 0 Å². The summed E-state index contributed by atoms with van der Waals surface area (Å²) in [6.07, 6.45) is 7.85. The van der Waals surface area contributed by atoms with E-state index in [1.807, 2.05) is 6.92 Å². The first-order valence-corrected chi connectivity index (χ1v) is 6.00. The van der Waals surface area contributed by atoms with Crippen LogP contribution in [0.1, 0.15) is 65.7 Å². The van der Waals surface area contributed by atoms with E-state index in [1.165, 1.54) is 25.7 Å². The number of nitrogens with one attached hydrogen (secondary N) is 1. The number of carbonyl (C=O) groups is 1. The van der Waals surface area contributed by atoms with Crippen LogP contribution in [-0.2, 0) is 4.79 Å². The summed E-state index contributed by atoms with van der Waals surface area (Å²) in [5, 5.41) is 3.02. The van der Waals surface area contributed by atoms with Crippen LogP contribution in [-0.4, -0.2) is 11.9 Å². The largest absolute Gasteiger partial charge is 0.354 e. The second kappa shape index (κ2) is 9.04. The Labute approximate surface area is 88.5 Å². The molecule has 0 spiro atoms. The summed E-state index contributed by atoms with van der Waals surface area (Å²) in [5.41, 5.74) is 0. The van der Waals surface area contributed by atoms with Gasteiger partial charge in [-0.15, -0.1) is 0 Å². The van der Waals surface area contributed by atoms with Gasteiger partial charge in [-0.1, -0.05) is 39.5 Å². The van der Waals surface area contributed by atoms with Crippen molar-refractivity contribution in [2.45, 2.75) is 71.8 Å². The van der Waals surface area contributed by atoms with Crippen LogP contribution < -0.4 is 5.32 Å². The maximum Gasteiger partial charge on any atom is 0.220 e. The summed E-state index contributed by atoms with van der Waals surface area (Å²) in [5.74, 6) is 0.204. The van der Waals surface area contributed by atoms with Crippen LogP contribution in [0.25, 0.3) is 0 Å². The molecular formula is C12H25NO.